The standard InChI is InChI=1S/C16H17ClO/c1-11-7-8-12(2)13(9-11)10-16(18)14-5-3-4-6-15(14)17/h3-9,16,18H,10H2,1-2H3. The molecule has 0 spiro atoms. The van der Waals surface area contributed by atoms with Gasteiger partial charge in [0.1, 0.15) is 0 Å². The Labute approximate surface area is 113 Å². The summed E-state index contributed by atoms with van der Waals surface area (Å²) in [6.07, 6.45) is 0.0382. The van der Waals surface area contributed by atoms with E-state index in [2.05, 4.69) is 32.0 Å². The van der Waals surface area contributed by atoms with Gasteiger partial charge in [-0.05, 0) is 36.6 Å². The van der Waals surface area contributed by atoms with Gasteiger partial charge in [0.15, 0.2) is 0 Å². The molecular weight excluding hydrogens is 244 g/mol. The maximum Gasteiger partial charge on any atom is 0.0844 e. The number of aryl methyl sites for hydroxylation is 2. The number of hydrogen-bond acceptors (Lipinski definition) is 1. The van der Waals surface area contributed by atoms with Gasteiger partial charge < -0.3 is 5.11 Å². The molecule has 0 aliphatic rings. The maximum atomic E-state index is 10.3. The fourth-order valence-corrected chi connectivity index (χ4v) is 2.35. The van der Waals surface area contributed by atoms with Crippen LogP contribution >= 0.6 is 11.6 Å². The molecule has 1 nitrogen and oxygen atoms in total. The third-order valence-electron chi connectivity index (χ3n) is 3.18. The van der Waals surface area contributed by atoms with Crippen LogP contribution < -0.4 is 0 Å². The van der Waals surface area contributed by atoms with Gasteiger partial charge >= 0.3 is 0 Å². The topological polar surface area (TPSA) is 20.2 Å². The number of benzene rings is 2. The minimum absolute atomic E-state index is 0.556. The van der Waals surface area contributed by atoms with Crippen molar-refractivity contribution in [3.63, 3.8) is 0 Å². The van der Waals surface area contributed by atoms with Crippen LogP contribution in [0.15, 0.2) is 42.5 Å². The zero-order valence-corrected chi connectivity index (χ0v) is 11.4. The van der Waals surface area contributed by atoms with Crippen molar-refractivity contribution in [3.8, 4) is 0 Å². The van der Waals surface area contributed by atoms with E-state index < -0.39 is 6.10 Å². The molecule has 0 fully saturated rings. The molecule has 2 rings (SSSR count). The molecule has 0 heterocycles. The summed E-state index contributed by atoms with van der Waals surface area (Å²) in [5, 5.41) is 10.9. The van der Waals surface area contributed by atoms with Crippen molar-refractivity contribution < 1.29 is 5.11 Å². The Kier molecular flexibility index (Phi) is 4.05. The summed E-state index contributed by atoms with van der Waals surface area (Å²) in [4.78, 5) is 0. The van der Waals surface area contributed by atoms with Gasteiger partial charge in [0.05, 0.1) is 6.10 Å². The van der Waals surface area contributed by atoms with Crippen molar-refractivity contribution in [2.75, 3.05) is 0 Å². The van der Waals surface area contributed by atoms with Gasteiger partial charge in [-0.1, -0.05) is 53.6 Å². The summed E-state index contributed by atoms with van der Waals surface area (Å²) < 4.78 is 0. The van der Waals surface area contributed by atoms with Gasteiger partial charge in [0, 0.05) is 11.4 Å². The first-order chi connectivity index (χ1) is 8.58. The van der Waals surface area contributed by atoms with Crippen LogP contribution in [0.25, 0.3) is 0 Å². The monoisotopic (exact) mass is 260 g/mol. The van der Waals surface area contributed by atoms with E-state index in [1.54, 1.807) is 0 Å². The van der Waals surface area contributed by atoms with Crippen LogP contribution in [0.1, 0.15) is 28.4 Å². The molecule has 2 heteroatoms. The van der Waals surface area contributed by atoms with Gasteiger partial charge in [-0.3, -0.25) is 0 Å². The molecule has 0 aliphatic heterocycles. The second kappa shape index (κ2) is 5.55. The minimum atomic E-state index is -0.556. The summed E-state index contributed by atoms with van der Waals surface area (Å²) in [7, 11) is 0. The Morgan fingerprint density at radius 3 is 2.56 bits per heavy atom. The number of hydrogen-bond donors (Lipinski definition) is 1. The van der Waals surface area contributed by atoms with Crippen molar-refractivity contribution in [2.45, 2.75) is 26.4 Å². The van der Waals surface area contributed by atoms with Crippen molar-refractivity contribution in [2.24, 2.45) is 0 Å². The van der Waals surface area contributed by atoms with Crippen LogP contribution in [0.5, 0.6) is 0 Å². The van der Waals surface area contributed by atoms with Gasteiger partial charge in [-0.15, -0.1) is 0 Å². The molecule has 0 aromatic heterocycles. The number of rotatable bonds is 3. The molecule has 1 N–H and O–H groups in total. The largest absolute Gasteiger partial charge is 0.388 e. The fraction of sp³-hybridized carbons (Fsp3) is 0.250. The lowest BCUT2D eigenvalue weighted by Crippen LogP contribution is -2.04. The van der Waals surface area contributed by atoms with E-state index >= 15 is 0 Å². The first kappa shape index (κ1) is 13.1. The van der Waals surface area contributed by atoms with Crippen LogP contribution in [0, 0.1) is 13.8 Å². The lowest BCUT2D eigenvalue weighted by molar-refractivity contribution is 0.178. The Bertz CT molecular complexity index is 549. The average molecular weight is 261 g/mol. The Morgan fingerprint density at radius 2 is 1.83 bits per heavy atom. The highest BCUT2D eigenvalue weighted by Gasteiger charge is 2.13. The minimum Gasteiger partial charge on any atom is -0.388 e. The third kappa shape index (κ3) is 2.92. The molecule has 0 radical (unpaired) electrons. The Morgan fingerprint density at radius 1 is 1.11 bits per heavy atom. The lowest BCUT2D eigenvalue weighted by atomic mass is 9.97. The second-order valence-corrected chi connectivity index (χ2v) is 5.08. The van der Waals surface area contributed by atoms with E-state index in [4.69, 9.17) is 11.6 Å². The normalized spacial score (nSPS) is 12.4. The van der Waals surface area contributed by atoms with Gasteiger partial charge in [0.25, 0.3) is 0 Å². The fourth-order valence-electron chi connectivity index (χ4n) is 2.08. The molecule has 1 atom stereocenters. The summed E-state index contributed by atoms with van der Waals surface area (Å²) >= 11 is 6.10. The van der Waals surface area contributed by atoms with Crippen molar-refractivity contribution in [1.82, 2.24) is 0 Å². The number of aliphatic hydroxyl groups excluding tert-OH is 1. The van der Waals surface area contributed by atoms with Crippen LogP contribution in [0.3, 0.4) is 0 Å². The third-order valence-corrected chi connectivity index (χ3v) is 3.53. The molecule has 0 aliphatic carbocycles. The predicted molar refractivity (Wildman–Crippen MR) is 76.0 cm³/mol. The molecule has 2 aromatic rings. The SMILES string of the molecule is Cc1ccc(C)c(CC(O)c2ccccc2Cl)c1. The highest BCUT2D eigenvalue weighted by atomic mass is 35.5. The first-order valence-corrected chi connectivity index (χ1v) is 6.44. The maximum absolute atomic E-state index is 10.3. The van der Waals surface area contributed by atoms with Crippen LogP contribution in [0.2, 0.25) is 5.02 Å². The van der Waals surface area contributed by atoms with Gasteiger partial charge in [-0.2, -0.15) is 0 Å². The Balaban J connectivity index is 2.24. The summed E-state index contributed by atoms with van der Waals surface area (Å²) in [6.45, 7) is 4.12. The molecule has 2 aromatic carbocycles. The van der Waals surface area contributed by atoms with Crippen LogP contribution in [-0.2, 0) is 6.42 Å². The predicted octanol–water partition coefficient (Wildman–Crippen LogP) is 4.23. The Hall–Kier alpha value is -1.31. The number of aliphatic hydroxyl groups is 1. The van der Waals surface area contributed by atoms with Gasteiger partial charge in [-0.25, -0.2) is 0 Å². The van der Waals surface area contributed by atoms with Crippen LogP contribution in [-0.4, -0.2) is 5.11 Å². The first-order valence-electron chi connectivity index (χ1n) is 6.06. The summed E-state index contributed by atoms with van der Waals surface area (Å²) in [5.74, 6) is 0. The second-order valence-electron chi connectivity index (χ2n) is 4.67. The number of halogens is 1. The molecule has 0 saturated heterocycles. The zero-order valence-electron chi connectivity index (χ0n) is 10.7. The molecule has 0 bridgehead atoms. The summed E-state index contributed by atoms with van der Waals surface area (Å²) in [6, 6.07) is 13.7. The molecule has 0 saturated carbocycles. The van der Waals surface area contributed by atoms with Gasteiger partial charge in [0.2, 0.25) is 0 Å². The average Bonchev–Trinajstić information content (AvgIpc) is 2.34. The van der Waals surface area contributed by atoms with E-state index in [1.165, 1.54) is 16.7 Å². The molecule has 1 unspecified atom stereocenters. The highest BCUT2D eigenvalue weighted by Crippen LogP contribution is 2.26. The van der Waals surface area contributed by atoms with E-state index in [0.29, 0.717) is 11.4 Å². The van der Waals surface area contributed by atoms with E-state index in [1.807, 2.05) is 24.3 Å². The summed E-state index contributed by atoms with van der Waals surface area (Å²) in [5.41, 5.74) is 4.37. The highest BCUT2D eigenvalue weighted by molar-refractivity contribution is 6.31. The quantitative estimate of drug-likeness (QED) is 0.876. The van der Waals surface area contributed by atoms with E-state index in [9.17, 15) is 5.11 Å². The van der Waals surface area contributed by atoms with E-state index in [0.717, 1.165) is 5.56 Å². The molecule has 0 amide bonds. The lowest BCUT2D eigenvalue weighted by Gasteiger charge is -2.14. The van der Waals surface area contributed by atoms with Crippen molar-refractivity contribution in [3.05, 3.63) is 69.7 Å². The van der Waals surface area contributed by atoms with Crippen molar-refractivity contribution >= 4 is 11.6 Å². The van der Waals surface area contributed by atoms with E-state index in [-0.39, 0.29) is 0 Å². The molecule has 94 valence electrons. The smallest absolute Gasteiger partial charge is 0.0844 e. The van der Waals surface area contributed by atoms with Crippen LogP contribution in [0.4, 0.5) is 0 Å². The molecule has 18 heavy (non-hydrogen) atoms. The molecular formula is C16H17ClO. The van der Waals surface area contributed by atoms with Crippen molar-refractivity contribution in [1.29, 1.82) is 0 Å². The zero-order chi connectivity index (χ0) is 13.1.